The van der Waals surface area contributed by atoms with Gasteiger partial charge in [0.2, 0.25) is 5.91 Å². The molecule has 0 aliphatic carbocycles. The molecule has 150 valence electrons. The van der Waals surface area contributed by atoms with E-state index in [2.05, 4.69) is 21.6 Å². The van der Waals surface area contributed by atoms with E-state index in [0.717, 1.165) is 41.7 Å². The molecule has 1 fully saturated rings. The summed E-state index contributed by atoms with van der Waals surface area (Å²) in [6, 6.07) is 10.0. The van der Waals surface area contributed by atoms with Gasteiger partial charge in [0.05, 0.1) is 6.20 Å². The van der Waals surface area contributed by atoms with Crippen molar-refractivity contribution < 1.29 is 9.86 Å². The highest BCUT2D eigenvalue weighted by Crippen LogP contribution is 2.31. The number of fused-ring (bicyclic) bond motifs is 2. The van der Waals surface area contributed by atoms with Crippen LogP contribution in [0.5, 0.6) is 0 Å². The first-order valence-electron chi connectivity index (χ1n) is 9.90. The van der Waals surface area contributed by atoms with Crippen LogP contribution in [-0.2, 0) is 4.79 Å². The molecule has 0 bridgehead atoms. The minimum atomic E-state index is -0.00268. The zero-order valence-electron chi connectivity index (χ0n) is 16.3. The minimum absolute atomic E-state index is 0.00268. The van der Waals surface area contributed by atoms with Crippen molar-refractivity contribution in [2.75, 3.05) is 32.7 Å². The second-order valence-corrected chi connectivity index (χ2v) is 7.48. The van der Waals surface area contributed by atoms with Crippen molar-refractivity contribution >= 4 is 11.5 Å². The second kappa shape index (κ2) is 6.98. The molecule has 1 aromatic carbocycles. The normalized spacial score (nSPS) is 23.4. The highest BCUT2D eigenvalue weighted by molar-refractivity contribution is 5.79. The third-order valence-electron chi connectivity index (χ3n) is 5.75. The van der Waals surface area contributed by atoms with E-state index >= 15 is 0 Å². The number of piperazine rings is 1. The van der Waals surface area contributed by atoms with Gasteiger partial charge in [-0.15, -0.1) is 0 Å². The Balaban J connectivity index is 1.43. The van der Waals surface area contributed by atoms with Gasteiger partial charge in [0.1, 0.15) is 12.0 Å². The Morgan fingerprint density at radius 1 is 1.10 bits per heavy atom. The lowest BCUT2D eigenvalue weighted by Gasteiger charge is -2.36. The highest BCUT2D eigenvalue weighted by atomic mass is 16.5. The molecule has 4 aliphatic heterocycles. The fourth-order valence-corrected chi connectivity index (χ4v) is 4.23. The summed E-state index contributed by atoms with van der Waals surface area (Å²) in [4.78, 5) is 17.7. The van der Waals surface area contributed by atoms with E-state index in [-0.39, 0.29) is 11.0 Å². The zero-order chi connectivity index (χ0) is 20.0. The van der Waals surface area contributed by atoms with Crippen LogP contribution < -0.4 is 15.7 Å². The summed E-state index contributed by atoms with van der Waals surface area (Å²) in [6.07, 6.45) is 5.77. The van der Waals surface area contributed by atoms with Crippen molar-refractivity contribution in [2.45, 2.75) is 6.92 Å². The summed E-state index contributed by atoms with van der Waals surface area (Å²) >= 11 is 0. The van der Waals surface area contributed by atoms with E-state index in [1.54, 1.807) is 13.1 Å². The molecule has 0 saturated carbocycles. The van der Waals surface area contributed by atoms with Crippen LogP contribution in [0.4, 0.5) is 0 Å². The average Bonchev–Trinajstić information content (AvgIpc) is 3.18. The lowest BCUT2D eigenvalue weighted by molar-refractivity contribution is -0.745. The maximum absolute atomic E-state index is 13.0. The van der Waals surface area contributed by atoms with Gasteiger partial charge >= 0.3 is 0 Å². The minimum Gasteiger partial charge on any atom is -0.624 e. The molecule has 8 heteroatoms. The molecular formula is C21H24N6O2. The van der Waals surface area contributed by atoms with E-state index in [1.807, 2.05) is 46.3 Å². The molecule has 0 radical (unpaired) electrons. The number of nitrogens with one attached hydrogen (secondary N) is 3. The van der Waals surface area contributed by atoms with Crippen molar-refractivity contribution in [3.63, 3.8) is 0 Å². The van der Waals surface area contributed by atoms with Crippen LogP contribution in [0, 0.1) is 5.21 Å². The number of hydroxylamine groups is 2. The maximum atomic E-state index is 13.0. The molecule has 8 nitrogen and oxygen atoms in total. The molecule has 3 N–H and O–H groups in total. The third-order valence-corrected chi connectivity index (χ3v) is 5.75. The van der Waals surface area contributed by atoms with Gasteiger partial charge in [0.15, 0.2) is 17.3 Å². The second-order valence-electron chi connectivity index (χ2n) is 7.48. The van der Waals surface area contributed by atoms with Crippen LogP contribution in [0.2, 0.25) is 0 Å². The molecule has 1 saturated heterocycles. The Labute approximate surface area is 169 Å². The van der Waals surface area contributed by atoms with Crippen LogP contribution >= 0.6 is 0 Å². The number of hydrogen-bond donors (Lipinski definition) is 3. The number of quaternary nitrogens is 1. The van der Waals surface area contributed by atoms with E-state index in [0.29, 0.717) is 25.3 Å². The van der Waals surface area contributed by atoms with Crippen LogP contribution in [0.15, 0.2) is 72.0 Å². The zero-order valence-corrected chi connectivity index (χ0v) is 16.3. The lowest BCUT2D eigenvalue weighted by Crippen LogP contribution is -3.02. The molecule has 1 aromatic rings. The summed E-state index contributed by atoms with van der Waals surface area (Å²) in [5.41, 5.74) is 2.71. The fraction of sp³-hybridized carbons (Fsp3) is 0.286. The largest absolute Gasteiger partial charge is 0.624 e. The Hall–Kier alpha value is -3.23. The summed E-state index contributed by atoms with van der Waals surface area (Å²) in [5, 5.41) is 19.8. The van der Waals surface area contributed by atoms with Gasteiger partial charge in [-0.2, -0.15) is 0 Å². The van der Waals surface area contributed by atoms with Crippen LogP contribution in [0.25, 0.3) is 5.57 Å². The fourth-order valence-electron chi connectivity index (χ4n) is 4.23. The highest BCUT2D eigenvalue weighted by Gasteiger charge is 2.37. The topological polar surface area (TPSA) is 78.4 Å². The molecule has 1 atom stereocenters. The first kappa shape index (κ1) is 17.8. The number of nitrogens with zero attached hydrogens (tertiary/aromatic N) is 3. The van der Waals surface area contributed by atoms with Crippen molar-refractivity contribution in [2.24, 2.45) is 0 Å². The van der Waals surface area contributed by atoms with Gasteiger partial charge in [-0.1, -0.05) is 36.4 Å². The Morgan fingerprint density at radius 2 is 1.86 bits per heavy atom. The van der Waals surface area contributed by atoms with Crippen LogP contribution in [-0.4, -0.2) is 53.3 Å². The lowest BCUT2D eigenvalue weighted by atomic mass is 9.99. The predicted molar refractivity (Wildman–Crippen MR) is 109 cm³/mol. The SMILES string of the molecule is CC(=O)N1CCN(C2=CN3C(=C[NH+]([O-])C4=C3NCC=C4c3ccccc3)N2)CC1. The van der Waals surface area contributed by atoms with Gasteiger partial charge in [0.25, 0.3) is 0 Å². The average molecular weight is 392 g/mol. The number of amides is 1. The predicted octanol–water partition coefficient (Wildman–Crippen LogP) is -0.0943. The molecular weight excluding hydrogens is 368 g/mol. The standard InChI is InChI=1S/C21H24N6O2/c1-15(28)24-9-11-25(12-10-24)18-13-26-19(23-18)14-27(29)20-17(7-8-22-21(20)26)16-5-3-2-4-6-16/h2-7,13-14,22-23,27H,8-12H2,1H3. The number of carbonyl (C=O) groups excluding carboxylic acids is 1. The van der Waals surface area contributed by atoms with Gasteiger partial charge < -0.3 is 30.7 Å². The number of rotatable bonds is 2. The van der Waals surface area contributed by atoms with Gasteiger partial charge in [-0.25, -0.2) is 0 Å². The van der Waals surface area contributed by atoms with Crippen molar-refractivity contribution in [1.29, 1.82) is 0 Å². The quantitative estimate of drug-likeness (QED) is 0.611. The Kier molecular flexibility index (Phi) is 4.30. The first-order valence-corrected chi connectivity index (χ1v) is 9.90. The van der Waals surface area contributed by atoms with E-state index < -0.39 is 0 Å². The van der Waals surface area contributed by atoms with E-state index in [1.165, 1.54) is 0 Å². The number of dihydropyridines is 1. The third kappa shape index (κ3) is 3.06. The molecule has 4 aliphatic rings. The maximum Gasteiger partial charge on any atom is 0.219 e. The first-order chi connectivity index (χ1) is 14.1. The molecule has 1 amide bonds. The smallest absolute Gasteiger partial charge is 0.219 e. The van der Waals surface area contributed by atoms with E-state index in [4.69, 9.17) is 0 Å². The molecule has 1 unspecified atom stereocenters. The molecule has 0 spiro atoms. The van der Waals surface area contributed by atoms with Crippen molar-refractivity contribution in [3.05, 3.63) is 82.7 Å². The van der Waals surface area contributed by atoms with E-state index in [9.17, 15) is 10.0 Å². The Morgan fingerprint density at radius 3 is 2.59 bits per heavy atom. The molecule has 29 heavy (non-hydrogen) atoms. The summed E-state index contributed by atoms with van der Waals surface area (Å²) in [7, 11) is 0. The van der Waals surface area contributed by atoms with Crippen LogP contribution in [0.1, 0.15) is 12.5 Å². The van der Waals surface area contributed by atoms with Crippen molar-refractivity contribution in [3.8, 4) is 0 Å². The summed E-state index contributed by atoms with van der Waals surface area (Å²) < 4.78 is 0. The monoisotopic (exact) mass is 392 g/mol. The van der Waals surface area contributed by atoms with Gasteiger partial charge in [-0.3, -0.25) is 9.69 Å². The van der Waals surface area contributed by atoms with Crippen LogP contribution in [0.3, 0.4) is 0 Å². The summed E-state index contributed by atoms with van der Waals surface area (Å²) in [6.45, 7) is 5.23. The van der Waals surface area contributed by atoms with Crippen molar-refractivity contribution in [1.82, 2.24) is 25.3 Å². The molecule has 5 rings (SSSR count). The Bertz CT molecular complexity index is 957. The summed E-state index contributed by atoms with van der Waals surface area (Å²) in [5.74, 6) is 2.65. The van der Waals surface area contributed by atoms with Gasteiger partial charge in [0, 0.05) is 45.2 Å². The molecule has 4 heterocycles. The number of carbonyl (C=O) groups is 1. The molecule has 0 aromatic heterocycles. The number of allylic oxidation sites excluding steroid dienone is 1. The van der Waals surface area contributed by atoms with Gasteiger partial charge in [-0.05, 0) is 5.56 Å². The number of benzene rings is 1. The number of hydrogen-bond acceptors (Lipinski definition) is 6.